The Labute approximate surface area is 253 Å². The first kappa shape index (κ1) is 32.5. The van der Waals surface area contributed by atoms with Crippen LogP contribution in [0.15, 0.2) is 72.8 Å². The fourth-order valence-electron chi connectivity index (χ4n) is 4.55. The number of phenols is 1. The number of aryl methyl sites for hydroxylation is 1. The van der Waals surface area contributed by atoms with Crippen LogP contribution < -0.4 is 10.6 Å². The maximum Gasteiger partial charge on any atom is 0.408 e. The number of phenolic OH excluding ortho intramolecular Hbond substituents is 1. The van der Waals surface area contributed by atoms with E-state index >= 15 is 0 Å². The smallest absolute Gasteiger partial charge is 0.408 e. The summed E-state index contributed by atoms with van der Waals surface area (Å²) in [6.07, 6.45) is 0.743. The van der Waals surface area contributed by atoms with Gasteiger partial charge in [0.25, 0.3) is 5.91 Å². The van der Waals surface area contributed by atoms with Gasteiger partial charge >= 0.3 is 6.09 Å². The Bertz CT molecular complexity index is 1350. The highest BCUT2D eigenvalue weighted by atomic mass is 35.5. The lowest BCUT2D eigenvalue weighted by Crippen LogP contribution is -2.53. The van der Waals surface area contributed by atoms with Crippen molar-refractivity contribution in [3.05, 3.63) is 94.5 Å². The van der Waals surface area contributed by atoms with Crippen molar-refractivity contribution < 1.29 is 24.2 Å². The van der Waals surface area contributed by atoms with Gasteiger partial charge in [-0.1, -0.05) is 85.6 Å². The number of unbranched alkanes of at least 4 members (excludes halogenated alkanes) is 1. The van der Waals surface area contributed by atoms with Crippen molar-refractivity contribution in [2.75, 3.05) is 11.9 Å². The number of carbonyl (C=O) groups is 3. The van der Waals surface area contributed by atoms with Crippen molar-refractivity contribution in [2.24, 2.45) is 0 Å². The van der Waals surface area contributed by atoms with Gasteiger partial charge in [-0.2, -0.15) is 0 Å². The fraction of sp³-hybridized carbons (Fsp3) is 0.364. The van der Waals surface area contributed by atoms with Crippen molar-refractivity contribution in [1.82, 2.24) is 10.2 Å². The van der Waals surface area contributed by atoms with Crippen LogP contribution in [0.4, 0.5) is 10.5 Å². The summed E-state index contributed by atoms with van der Waals surface area (Å²) < 4.78 is 5.48. The van der Waals surface area contributed by atoms with Gasteiger partial charge in [-0.25, -0.2) is 4.79 Å². The van der Waals surface area contributed by atoms with E-state index in [2.05, 4.69) is 10.6 Å². The highest BCUT2D eigenvalue weighted by Crippen LogP contribution is 2.33. The molecule has 0 aromatic heterocycles. The van der Waals surface area contributed by atoms with Gasteiger partial charge in [0, 0.05) is 18.5 Å². The lowest BCUT2D eigenvalue weighted by Gasteiger charge is -2.35. The van der Waals surface area contributed by atoms with Gasteiger partial charge in [0.05, 0.1) is 10.7 Å². The molecule has 3 amide bonds. The SMILES string of the molecule is CCCCN(C(=O)C(Cc1ccccc1)NC(=O)OC(C)(C)C)C(C(=O)Nc1c(C)cccc1Cl)c1ccccc1O. The molecule has 9 heteroatoms. The van der Waals surface area contributed by atoms with Crippen LogP contribution in [0.2, 0.25) is 5.02 Å². The summed E-state index contributed by atoms with van der Waals surface area (Å²) in [5.74, 6) is -1.17. The molecule has 0 saturated heterocycles. The molecule has 3 aromatic carbocycles. The summed E-state index contributed by atoms with van der Waals surface area (Å²) in [4.78, 5) is 42.9. The van der Waals surface area contributed by atoms with Gasteiger partial charge < -0.3 is 25.4 Å². The minimum absolute atomic E-state index is 0.137. The molecule has 3 N–H and O–H groups in total. The summed E-state index contributed by atoms with van der Waals surface area (Å²) in [7, 11) is 0. The Kier molecular flexibility index (Phi) is 11.4. The number of ether oxygens (including phenoxy) is 1. The average Bonchev–Trinajstić information content (AvgIpc) is 2.92. The highest BCUT2D eigenvalue weighted by Gasteiger charge is 2.37. The summed E-state index contributed by atoms with van der Waals surface area (Å²) in [6.45, 7) is 9.21. The van der Waals surface area contributed by atoms with Gasteiger partial charge in [-0.05, 0) is 57.4 Å². The van der Waals surface area contributed by atoms with Gasteiger partial charge in [0.15, 0.2) is 0 Å². The molecule has 0 bridgehead atoms. The third kappa shape index (κ3) is 8.98. The molecule has 0 radical (unpaired) electrons. The first-order valence-electron chi connectivity index (χ1n) is 14.1. The molecule has 0 saturated carbocycles. The second-order valence-electron chi connectivity index (χ2n) is 11.2. The minimum atomic E-state index is -1.22. The molecule has 8 nitrogen and oxygen atoms in total. The Morgan fingerprint density at radius 2 is 1.64 bits per heavy atom. The molecule has 2 unspecified atom stereocenters. The van der Waals surface area contributed by atoms with E-state index in [1.807, 2.05) is 50.2 Å². The summed E-state index contributed by atoms with van der Waals surface area (Å²) in [5.41, 5.74) is 1.45. The molecule has 2 atom stereocenters. The molecule has 0 aliphatic rings. The summed E-state index contributed by atoms with van der Waals surface area (Å²) >= 11 is 6.43. The summed E-state index contributed by atoms with van der Waals surface area (Å²) in [5, 5.41) is 16.8. The third-order valence-electron chi connectivity index (χ3n) is 6.57. The van der Waals surface area contributed by atoms with Crippen LogP contribution in [-0.4, -0.2) is 46.1 Å². The van der Waals surface area contributed by atoms with E-state index in [0.29, 0.717) is 17.1 Å². The van der Waals surface area contributed by atoms with E-state index < -0.39 is 35.6 Å². The third-order valence-corrected chi connectivity index (χ3v) is 6.88. The molecule has 0 aliphatic heterocycles. The van der Waals surface area contributed by atoms with Gasteiger partial charge in [0.1, 0.15) is 23.4 Å². The fourth-order valence-corrected chi connectivity index (χ4v) is 4.82. The Hall–Kier alpha value is -4.04. The van der Waals surface area contributed by atoms with E-state index in [-0.39, 0.29) is 24.3 Å². The largest absolute Gasteiger partial charge is 0.508 e. The van der Waals surface area contributed by atoms with Crippen molar-refractivity contribution in [2.45, 2.75) is 71.6 Å². The van der Waals surface area contributed by atoms with Crippen LogP contribution in [0.5, 0.6) is 5.75 Å². The number of anilines is 1. The molecule has 0 spiro atoms. The number of hydrogen-bond acceptors (Lipinski definition) is 5. The van der Waals surface area contributed by atoms with Crippen LogP contribution in [0, 0.1) is 6.92 Å². The number of carbonyl (C=O) groups excluding carboxylic acids is 3. The first-order chi connectivity index (χ1) is 19.9. The van der Waals surface area contributed by atoms with E-state index in [4.69, 9.17) is 16.3 Å². The zero-order chi connectivity index (χ0) is 30.9. The number of amides is 3. The van der Waals surface area contributed by atoms with Gasteiger partial charge in [-0.15, -0.1) is 0 Å². The number of halogens is 1. The maximum absolute atomic E-state index is 14.4. The van der Waals surface area contributed by atoms with Crippen molar-refractivity contribution >= 4 is 35.2 Å². The predicted octanol–water partition coefficient (Wildman–Crippen LogP) is 6.80. The topological polar surface area (TPSA) is 108 Å². The molecular weight excluding hydrogens is 554 g/mol. The second kappa shape index (κ2) is 14.7. The standard InChI is InChI=1S/C33H40ClN3O5/c1-6-7-20-37(31(40)26(21-23-15-9-8-10-16-23)35-32(41)42-33(3,4)5)29(24-17-11-12-19-27(24)38)30(39)36-28-22(2)14-13-18-25(28)34/h8-19,26,29,38H,6-7,20-21H2,1-5H3,(H,35,41)(H,36,39). The number of nitrogens with one attached hydrogen (secondary N) is 2. The van der Waals surface area contributed by atoms with E-state index in [1.165, 1.54) is 11.0 Å². The molecule has 3 aromatic rings. The number of rotatable bonds is 11. The normalized spacial score (nSPS) is 12.6. The number of aromatic hydroxyl groups is 1. The predicted molar refractivity (Wildman–Crippen MR) is 166 cm³/mol. The molecular formula is C33H40ClN3O5. The van der Waals surface area contributed by atoms with Crippen molar-refractivity contribution in [3.8, 4) is 5.75 Å². The van der Waals surface area contributed by atoms with Crippen molar-refractivity contribution in [1.29, 1.82) is 0 Å². The second-order valence-corrected chi connectivity index (χ2v) is 11.6. The molecule has 42 heavy (non-hydrogen) atoms. The van der Waals surface area contributed by atoms with Crippen LogP contribution in [-0.2, 0) is 20.7 Å². The average molecular weight is 594 g/mol. The number of benzene rings is 3. The monoisotopic (exact) mass is 593 g/mol. The lowest BCUT2D eigenvalue weighted by atomic mass is 9.99. The summed E-state index contributed by atoms with van der Waals surface area (Å²) in [6, 6.07) is 18.7. The highest BCUT2D eigenvalue weighted by molar-refractivity contribution is 6.34. The first-order valence-corrected chi connectivity index (χ1v) is 14.5. The van der Waals surface area contributed by atoms with Crippen LogP contribution in [0.1, 0.15) is 63.3 Å². The van der Waals surface area contributed by atoms with Crippen LogP contribution >= 0.6 is 11.6 Å². The number of para-hydroxylation sites is 2. The maximum atomic E-state index is 14.4. The zero-order valence-corrected chi connectivity index (χ0v) is 25.6. The van der Waals surface area contributed by atoms with Crippen LogP contribution in [0.3, 0.4) is 0 Å². The van der Waals surface area contributed by atoms with Gasteiger partial charge in [0.2, 0.25) is 5.91 Å². The zero-order valence-electron chi connectivity index (χ0n) is 24.8. The van der Waals surface area contributed by atoms with E-state index in [1.54, 1.807) is 51.1 Å². The van der Waals surface area contributed by atoms with Gasteiger partial charge in [-0.3, -0.25) is 9.59 Å². The quantitative estimate of drug-likeness (QED) is 0.227. The molecule has 0 heterocycles. The number of hydrogen-bond donors (Lipinski definition) is 3. The number of alkyl carbamates (subject to hydrolysis) is 1. The molecule has 224 valence electrons. The minimum Gasteiger partial charge on any atom is -0.508 e. The van der Waals surface area contributed by atoms with Crippen LogP contribution in [0.25, 0.3) is 0 Å². The Morgan fingerprint density at radius 1 is 0.976 bits per heavy atom. The molecule has 0 fully saturated rings. The van der Waals surface area contributed by atoms with E-state index in [0.717, 1.165) is 17.5 Å². The Balaban J connectivity index is 2.09. The molecule has 3 rings (SSSR count). The molecule has 0 aliphatic carbocycles. The lowest BCUT2D eigenvalue weighted by molar-refractivity contribution is -0.141. The Morgan fingerprint density at radius 3 is 2.26 bits per heavy atom. The number of nitrogens with zero attached hydrogens (tertiary/aromatic N) is 1. The van der Waals surface area contributed by atoms with E-state index in [9.17, 15) is 19.5 Å². The van der Waals surface area contributed by atoms with Crippen molar-refractivity contribution in [3.63, 3.8) is 0 Å².